The van der Waals surface area contributed by atoms with Crippen LogP contribution in [0.4, 0.5) is 0 Å². The summed E-state index contributed by atoms with van der Waals surface area (Å²) in [4.78, 5) is 16.6. The molecule has 4 nitrogen and oxygen atoms in total. The minimum atomic E-state index is -0.346. The van der Waals surface area contributed by atoms with Crippen LogP contribution >= 0.6 is 0 Å². The molecule has 2 aliphatic heterocycles. The smallest absolute Gasteiger partial charge is 0.180 e. The number of hydrogen-bond donors (Lipinski definition) is 0. The summed E-state index contributed by atoms with van der Waals surface area (Å²) in [6, 6.07) is 4.83. The molecule has 1 aromatic rings. The zero-order chi connectivity index (χ0) is 20.1. The molecule has 3 fully saturated rings. The summed E-state index contributed by atoms with van der Waals surface area (Å²) in [5, 5.41) is 0. The summed E-state index contributed by atoms with van der Waals surface area (Å²) in [6.07, 6.45) is 5.62. The predicted molar refractivity (Wildman–Crippen MR) is 112 cm³/mol. The monoisotopic (exact) mass is 395 g/mol. The van der Waals surface area contributed by atoms with Crippen LogP contribution in [0, 0.1) is 23.2 Å². The van der Waals surface area contributed by atoms with Gasteiger partial charge in [-0.1, -0.05) is 33.3 Å². The minimum absolute atomic E-state index is 0.157. The van der Waals surface area contributed by atoms with Gasteiger partial charge in [-0.3, -0.25) is 9.69 Å². The first-order chi connectivity index (χ1) is 13.9. The first-order valence-corrected chi connectivity index (χ1v) is 11.6. The second kappa shape index (κ2) is 5.78. The Morgan fingerprint density at radius 2 is 2.07 bits per heavy atom. The number of benzene rings is 1. The molecule has 0 amide bonds. The molecule has 5 atom stereocenters. The second-order valence-corrected chi connectivity index (χ2v) is 10.8. The Balaban J connectivity index is 1.58. The van der Waals surface area contributed by atoms with Crippen molar-refractivity contribution in [2.24, 2.45) is 23.2 Å². The van der Waals surface area contributed by atoms with E-state index in [4.69, 9.17) is 9.47 Å². The summed E-state index contributed by atoms with van der Waals surface area (Å²) in [7, 11) is 1.71. The van der Waals surface area contributed by atoms with Gasteiger partial charge >= 0.3 is 0 Å². The van der Waals surface area contributed by atoms with Gasteiger partial charge in [0.2, 0.25) is 0 Å². The lowest BCUT2D eigenvalue weighted by molar-refractivity contribution is -0.165. The number of piperidine rings is 1. The van der Waals surface area contributed by atoms with Gasteiger partial charge in [-0.15, -0.1) is 0 Å². The molecule has 5 aliphatic rings. The van der Waals surface area contributed by atoms with E-state index in [1.807, 2.05) is 0 Å². The summed E-state index contributed by atoms with van der Waals surface area (Å²) in [6.45, 7) is 8.98. The van der Waals surface area contributed by atoms with Gasteiger partial charge in [-0.25, -0.2) is 0 Å². The third-order valence-electron chi connectivity index (χ3n) is 9.18. The van der Waals surface area contributed by atoms with Gasteiger partial charge in [0, 0.05) is 29.0 Å². The first kappa shape index (κ1) is 18.2. The van der Waals surface area contributed by atoms with Crippen molar-refractivity contribution in [3.05, 3.63) is 23.3 Å². The number of likely N-dealkylation sites (tertiary alicyclic amines) is 1. The van der Waals surface area contributed by atoms with Gasteiger partial charge in [0.15, 0.2) is 23.4 Å². The fraction of sp³-hybridized carbons (Fsp3) is 0.720. The molecule has 1 spiro atoms. The predicted octanol–water partition coefficient (Wildman–Crippen LogP) is 3.99. The molecule has 0 radical (unpaired) electrons. The van der Waals surface area contributed by atoms with Crippen molar-refractivity contribution >= 4 is 5.78 Å². The van der Waals surface area contributed by atoms with Gasteiger partial charge < -0.3 is 9.47 Å². The van der Waals surface area contributed by atoms with Crippen LogP contribution < -0.4 is 9.47 Å². The number of Topliss-reactive ketones (excluding diaryl/α,β-unsaturated/α-hetero) is 1. The highest BCUT2D eigenvalue weighted by atomic mass is 16.5. The van der Waals surface area contributed by atoms with Crippen molar-refractivity contribution in [1.82, 2.24) is 4.90 Å². The average Bonchev–Trinajstić information content (AvgIpc) is 3.45. The summed E-state index contributed by atoms with van der Waals surface area (Å²) in [5.74, 6) is 3.75. The molecule has 0 unspecified atom stereocenters. The Kier molecular flexibility index (Phi) is 3.63. The summed E-state index contributed by atoms with van der Waals surface area (Å²) < 4.78 is 12.3. The lowest BCUT2D eigenvalue weighted by Crippen LogP contribution is -2.72. The highest BCUT2D eigenvalue weighted by Gasteiger charge is 2.71. The molecule has 2 bridgehead atoms. The minimum Gasteiger partial charge on any atom is -0.493 e. The number of hydrogen-bond acceptors (Lipinski definition) is 4. The zero-order valence-electron chi connectivity index (χ0n) is 18.2. The molecule has 2 saturated carbocycles. The Morgan fingerprint density at radius 3 is 2.76 bits per heavy atom. The Bertz CT molecular complexity index is 888. The van der Waals surface area contributed by atoms with Crippen LogP contribution in [-0.2, 0) is 16.6 Å². The van der Waals surface area contributed by atoms with Crippen molar-refractivity contribution in [2.75, 3.05) is 20.2 Å². The van der Waals surface area contributed by atoms with Crippen LogP contribution in [-0.4, -0.2) is 43.0 Å². The van der Waals surface area contributed by atoms with Gasteiger partial charge in [0.1, 0.15) is 0 Å². The van der Waals surface area contributed by atoms with Gasteiger partial charge in [0.05, 0.1) is 7.11 Å². The normalized spacial score (nSPS) is 39.1. The number of ether oxygens (including phenoxy) is 2. The van der Waals surface area contributed by atoms with Crippen LogP contribution in [0.5, 0.6) is 11.5 Å². The van der Waals surface area contributed by atoms with Crippen molar-refractivity contribution in [1.29, 1.82) is 0 Å². The summed E-state index contributed by atoms with van der Waals surface area (Å²) >= 11 is 0. The molecule has 6 rings (SSSR count). The van der Waals surface area contributed by atoms with E-state index in [1.165, 1.54) is 30.5 Å². The van der Waals surface area contributed by atoms with Crippen molar-refractivity contribution in [2.45, 2.75) is 70.4 Å². The Hall–Kier alpha value is -1.55. The third-order valence-corrected chi connectivity index (χ3v) is 9.18. The van der Waals surface area contributed by atoms with Crippen LogP contribution in [0.2, 0.25) is 0 Å². The maximum absolute atomic E-state index is 13.8. The van der Waals surface area contributed by atoms with Crippen LogP contribution in [0.25, 0.3) is 0 Å². The molecule has 0 aromatic heterocycles. The molecule has 1 saturated heterocycles. The van der Waals surface area contributed by atoms with E-state index in [-0.39, 0.29) is 16.9 Å². The van der Waals surface area contributed by atoms with Crippen molar-refractivity contribution in [3.8, 4) is 11.5 Å². The first-order valence-electron chi connectivity index (χ1n) is 11.6. The van der Waals surface area contributed by atoms with E-state index in [1.54, 1.807) is 7.11 Å². The number of carbonyl (C=O) groups excluding carboxylic acids is 1. The maximum atomic E-state index is 13.8. The summed E-state index contributed by atoms with van der Waals surface area (Å²) in [5.41, 5.74) is 2.22. The topological polar surface area (TPSA) is 38.8 Å². The number of carbonyl (C=O) groups is 1. The molecule has 4 heteroatoms. The van der Waals surface area contributed by atoms with Gasteiger partial charge in [-0.2, -0.15) is 0 Å². The fourth-order valence-electron chi connectivity index (χ4n) is 7.73. The lowest BCUT2D eigenvalue weighted by atomic mass is 9.43. The van der Waals surface area contributed by atoms with Gasteiger partial charge in [-0.05, 0) is 61.6 Å². The van der Waals surface area contributed by atoms with E-state index in [0.29, 0.717) is 23.7 Å². The van der Waals surface area contributed by atoms with Crippen LogP contribution in [0.3, 0.4) is 0 Å². The zero-order valence-corrected chi connectivity index (χ0v) is 18.2. The third kappa shape index (κ3) is 2.12. The van der Waals surface area contributed by atoms with Crippen LogP contribution in [0.15, 0.2) is 12.1 Å². The number of rotatable bonds is 4. The van der Waals surface area contributed by atoms with Crippen molar-refractivity contribution < 1.29 is 14.3 Å². The molecular weight excluding hydrogens is 362 g/mol. The van der Waals surface area contributed by atoms with Crippen molar-refractivity contribution in [3.63, 3.8) is 0 Å². The van der Waals surface area contributed by atoms with E-state index < -0.39 is 0 Å². The van der Waals surface area contributed by atoms with E-state index >= 15 is 0 Å². The van der Waals surface area contributed by atoms with E-state index in [2.05, 4.69) is 37.8 Å². The Labute approximate surface area is 173 Å². The molecule has 0 N–H and O–H groups in total. The average molecular weight is 396 g/mol. The van der Waals surface area contributed by atoms with Gasteiger partial charge in [0.25, 0.3) is 0 Å². The van der Waals surface area contributed by atoms with Crippen LogP contribution in [0.1, 0.15) is 57.6 Å². The molecule has 2 heterocycles. The number of ketones is 1. The Morgan fingerprint density at radius 1 is 1.28 bits per heavy atom. The highest BCUT2D eigenvalue weighted by Crippen LogP contribution is 2.67. The molecule has 29 heavy (non-hydrogen) atoms. The number of nitrogens with zero attached hydrogens (tertiary/aromatic N) is 1. The highest BCUT2D eigenvalue weighted by molar-refractivity contribution is 5.94. The lowest BCUT2D eigenvalue weighted by Gasteiger charge is -2.63. The second-order valence-electron chi connectivity index (χ2n) is 10.8. The molecule has 1 aromatic carbocycles. The molecular formula is C25H33NO3. The van der Waals surface area contributed by atoms with E-state index in [9.17, 15) is 4.79 Å². The maximum Gasteiger partial charge on any atom is 0.180 e. The van der Waals surface area contributed by atoms with E-state index in [0.717, 1.165) is 43.2 Å². The fourth-order valence-corrected chi connectivity index (χ4v) is 7.73. The standard InChI is InChI=1S/C25H33NO3/c1-5-16-20-17-12-15-8-9-18(28-4)21-19(15)25(20,10-11-26(17)13-14-6-7-14)23(29-21)22(27)24(16,2)3/h8-9,14,16-17,20,23H,5-7,10-13H2,1-4H3/t16-,17-,20+,23-,25-/m1/s1. The molecule has 156 valence electrons. The molecule has 3 aliphatic carbocycles. The quantitative estimate of drug-likeness (QED) is 0.773. The SMILES string of the molecule is CC[C@@H]1[C@H]2[C@H]3Cc4ccc(OC)c5c4[C@@]2(CCN3CC2CC2)[C@H](O5)C(=O)C1(C)C. The largest absolute Gasteiger partial charge is 0.493 e. The number of methoxy groups -OCH3 is 1.